The summed E-state index contributed by atoms with van der Waals surface area (Å²) in [5, 5.41) is 10.7. The molecule has 1 fully saturated rings. The van der Waals surface area contributed by atoms with Gasteiger partial charge in [0, 0.05) is 35.4 Å². The maximum absolute atomic E-state index is 12.9. The molecule has 1 aliphatic heterocycles. The van der Waals surface area contributed by atoms with Crippen LogP contribution in [-0.4, -0.2) is 39.9 Å². The molecule has 2 N–H and O–H groups in total. The van der Waals surface area contributed by atoms with Crippen molar-refractivity contribution >= 4 is 46.4 Å². The Kier molecular flexibility index (Phi) is 7.27. The van der Waals surface area contributed by atoms with Crippen molar-refractivity contribution in [2.75, 3.05) is 23.7 Å². The molecule has 1 unspecified atom stereocenters. The van der Waals surface area contributed by atoms with E-state index in [-0.39, 0.29) is 17.7 Å². The molecule has 10 heteroatoms. The molecule has 2 amide bonds. The van der Waals surface area contributed by atoms with Gasteiger partial charge in [0.25, 0.3) is 0 Å². The third-order valence-electron chi connectivity index (χ3n) is 5.33. The number of nitrogens with one attached hydrogen (secondary N) is 2. The molecular formula is C23H23Cl2N5O3. The predicted octanol–water partition coefficient (Wildman–Crippen LogP) is 4.85. The van der Waals surface area contributed by atoms with Gasteiger partial charge < -0.3 is 15.2 Å². The average molecular weight is 488 g/mol. The monoisotopic (exact) mass is 487 g/mol. The third-order valence-corrected chi connectivity index (χ3v) is 5.87. The number of anilines is 2. The Hall–Kier alpha value is -2.94. The third kappa shape index (κ3) is 6.10. The molecule has 1 aromatic heterocycles. The second-order valence-corrected chi connectivity index (χ2v) is 8.81. The van der Waals surface area contributed by atoms with Gasteiger partial charge in [0.15, 0.2) is 0 Å². The highest BCUT2D eigenvalue weighted by Crippen LogP contribution is 2.29. The van der Waals surface area contributed by atoms with Crippen LogP contribution in [0.2, 0.25) is 10.0 Å². The fraction of sp³-hybridized carbons (Fsp3) is 0.304. The summed E-state index contributed by atoms with van der Waals surface area (Å²) in [5.41, 5.74) is 1.93. The highest BCUT2D eigenvalue weighted by molar-refractivity contribution is 6.36. The molecular weight excluding hydrogens is 465 g/mol. The van der Waals surface area contributed by atoms with E-state index in [1.165, 1.54) is 6.92 Å². The van der Waals surface area contributed by atoms with Crippen molar-refractivity contribution in [1.82, 2.24) is 15.0 Å². The van der Waals surface area contributed by atoms with Gasteiger partial charge in [-0.3, -0.25) is 14.5 Å². The first-order valence-corrected chi connectivity index (χ1v) is 11.3. The van der Waals surface area contributed by atoms with Crippen LogP contribution in [0.1, 0.15) is 25.7 Å². The Morgan fingerprint density at radius 3 is 2.70 bits per heavy atom. The van der Waals surface area contributed by atoms with Crippen LogP contribution in [0.5, 0.6) is 0 Å². The fourth-order valence-corrected chi connectivity index (χ4v) is 4.32. The number of piperidine rings is 1. The largest absolute Gasteiger partial charge is 0.338 e. The molecule has 8 nitrogen and oxygen atoms in total. The van der Waals surface area contributed by atoms with E-state index in [0.717, 1.165) is 19.4 Å². The lowest BCUT2D eigenvalue weighted by atomic mass is 9.97. The second kappa shape index (κ2) is 10.3. The molecule has 1 atom stereocenters. The van der Waals surface area contributed by atoms with Crippen molar-refractivity contribution in [2.45, 2.75) is 26.3 Å². The SMILES string of the molecule is CC(=O)Nc1cccc(NC(=O)C2CCCN(Cc3nc(-c4ccc(Cl)cc4Cl)no3)C2)c1. The van der Waals surface area contributed by atoms with E-state index in [9.17, 15) is 9.59 Å². The van der Waals surface area contributed by atoms with Gasteiger partial charge in [-0.15, -0.1) is 0 Å². The Balaban J connectivity index is 1.36. The molecule has 0 radical (unpaired) electrons. The van der Waals surface area contributed by atoms with Crippen molar-refractivity contribution in [3.8, 4) is 11.4 Å². The van der Waals surface area contributed by atoms with Crippen LogP contribution in [-0.2, 0) is 16.1 Å². The Labute approximate surface area is 201 Å². The molecule has 0 spiro atoms. The predicted molar refractivity (Wildman–Crippen MR) is 127 cm³/mol. The van der Waals surface area contributed by atoms with Crippen molar-refractivity contribution < 1.29 is 14.1 Å². The lowest BCUT2D eigenvalue weighted by molar-refractivity contribution is -0.121. The lowest BCUT2D eigenvalue weighted by Crippen LogP contribution is -2.40. The van der Waals surface area contributed by atoms with Crippen LogP contribution < -0.4 is 10.6 Å². The number of amides is 2. The topological polar surface area (TPSA) is 100 Å². The van der Waals surface area contributed by atoms with Crippen molar-refractivity contribution in [2.24, 2.45) is 5.92 Å². The summed E-state index contributed by atoms with van der Waals surface area (Å²) in [5.74, 6) is 0.469. The quantitative estimate of drug-likeness (QED) is 0.515. The van der Waals surface area contributed by atoms with Gasteiger partial charge in [0.2, 0.25) is 23.5 Å². The van der Waals surface area contributed by atoms with Gasteiger partial charge in [-0.1, -0.05) is 34.4 Å². The number of rotatable bonds is 6. The number of aromatic nitrogens is 2. The molecule has 0 bridgehead atoms. The van der Waals surface area contributed by atoms with Crippen LogP contribution >= 0.6 is 23.2 Å². The van der Waals surface area contributed by atoms with E-state index in [2.05, 4.69) is 25.7 Å². The van der Waals surface area contributed by atoms with E-state index >= 15 is 0 Å². The zero-order valence-corrected chi connectivity index (χ0v) is 19.5. The fourth-order valence-electron chi connectivity index (χ4n) is 3.83. The normalized spacial score (nSPS) is 16.4. The first-order valence-electron chi connectivity index (χ1n) is 10.6. The van der Waals surface area contributed by atoms with Crippen molar-refractivity contribution in [3.05, 3.63) is 58.4 Å². The molecule has 3 aromatic rings. The van der Waals surface area contributed by atoms with Crippen molar-refractivity contribution in [1.29, 1.82) is 0 Å². The summed E-state index contributed by atoms with van der Waals surface area (Å²) in [6.07, 6.45) is 1.68. The van der Waals surface area contributed by atoms with E-state index in [1.807, 2.05) is 0 Å². The number of carbonyl (C=O) groups excluding carboxylic acids is 2. The van der Waals surface area contributed by atoms with E-state index in [4.69, 9.17) is 27.7 Å². The molecule has 1 aliphatic rings. The van der Waals surface area contributed by atoms with Gasteiger partial charge in [-0.05, 0) is 55.8 Å². The first-order chi connectivity index (χ1) is 15.9. The number of carbonyl (C=O) groups is 2. The highest BCUT2D eigenvalue weighted by atomic mass is 35.5. The Bertz CT molecular complexity index is 1170. The van der Waals surface area contributed by atoms with Crippen molar-refractivity contribution in [3.63, 3.8) is 0 Å². The number of nitrogens with zero attached hydrogens (tertiary/aromatic N) is 3. The molecule has 172 valence electrons. The van der Waals surface area contributed by atoms with Crippen LogP contribution in [0, 0.1) is 5.92 Å². The van der Waals surface area contributed by atoms with Crippen LogP contribution in [0.25, 0.3) is 11.4 Å². The van der Waals surface area contributed by atoms with Gasteiger partial charge in [-0.2, -0.15) is 4.98 Å². The minimum absolute atomic E-state index is 0.0566. The summed E-state index contributed by atoms with van der Waals surface area (Å²) in [7, 11) is 0. The number of hydrogen-bond acceptors (Lipinski definition) is 6. The van der Waals surface area contributed by atoms with Gasteiger partial charge in [-0.25, -0.2) is 0 Å². The molecule has 33 heavy (non-hydrogen) atoms. The maximum atomic E-state index is 12.9. The summed E-state index contributed by atoms with van der Waals surface area (Å²) < 4.78 is 5.41. The van der Waals surface area contributed by atoms with E-state index in [1.54, 1.807) is 42.5 Å². The van der Waals surface area contributed by atoms with E-state index < -0.39 is 0 Å². The van der Waals surface area contributed by atoms with Crippen LogP contribution in [0.3, 0.4) is 0 Å². The summed E-state index contributed by atoms with van der Waals surface area (Å²) >= 11 is 12.2. The molecule has 0 aliphatic carbocycles. The smallest absolute Gasteiger partial charge is 0.241 e. The first kappa shape index (κ1) is 23.2. The van der Waals surface area contributed by atoms with Crippen LogP contribution in [0.4, 0.5) is 11.4 Å². The minimum atomic E-state index is -0.170. The molecule has 1 saturated heterocycles. The Morgan fingerprint density at radius 2 is 1.94 bits per heavy atom. The standard InChI is InChI=1S/C23H23Cl2N5O3/c1-14(31)26-17-5-2-6-18(11-17)27-23(32)15-4-3-9-30(12-15)13-21-28-22(29-33-21)19-8-7-16(24)10-20(19)25/h2,5-8,10-11,15H,3-4,9,12-13H2,1H3,(H,26,31)(H,27,32). The molecule has 4 rings (SSSR count). The Morgan fingerprint density at radius 1 is 1.15 bits per heavy atom. The lowest BCUT2D eigenvalue weighted by Gasteiger charge is -2.30. The second-order valence-electron chi connectivity index (χ2n) is 7.96. The molecule has 0 saturated carbocycles. The average Bonchev–Trinajstić information content (AvgIpc) is 3.21. The molecule has 2 heterocycles. The minimum Gasteiger partial charge on any atom is -0.338 e. The van der Waals surface area contributed by atoms with E-state index in [0.29, 0.717) is 51.8 Å². The van der Waals surface area contributed by atoms with Gasteiger partial charge in [0.1, 0.15) is 0 Å². The van der Waals surface area contributed by atoms with Gasteiger partial charge in [0.05, 0.1) is 17.5 Å². The highest BCUT2D eigenvalue weighted by Gasteiger charge is 2.27. The van der Waals surface area contributed by atoms with Gasteiger partial charge >= 0.3 is 0 Å². The zero-order chi connectivity index (χ0) is 23.4. The zero-order valence-electron chi connectivity index (χ0n) is 18.0. The number of hydrogen-bond donors (Lipinski definition) is 2. The summed E-state index contributed by atoms with van der Waals surface area (Å²) in [4.78, 5) is 30.7. The maximum Gasteiger partial charge on any atom is 0.241 e. The molecule has 2 aromatic carbocycles. The number of benzene rings is 2. The van der Waals surface area contributed by atoms with Crippen LogP contribution in [0.15, 0.2) is 47.0 Å². The number of likely N-dealkylation sites (tertiary alicyclic amines) is 1. The summed E-state index contributed by atoms with van der Waals surface area (Å²) in [6, 6.07) is 12.2. The number of halogens is 2. The summed E-state index contributed by atoms with van der Waals surface area (Å²) in [6.45, 7) is 3.30.